The Morgan fingerprint density at radius 3 is 2.91 bits per heavy atom. The summed E-state index contributed by atoms with van der Waals surface area (Å²) in [6.07, 6.45) is 9.02. The molecular weight excluding hydrogens is 310 g/mol. The number of imidazole rings is 1. The molecule has 2 aliphatic heterocycles. The van der Waals surface area contributed by atoms with Gasteiger partial charge in [-0.3, -0.25) is 4.90 Å². The zero-order valence-electron chi connectivity index (χ0n) is 13.4. The molecule has 0 unspecified atom stereocenters. The van der Waals surface area contributed by atoms with Crippen molar-refractivity contribution in [1.29, 1.82) is 0 Å². The van der Waals surface area contributed by atoms with Gasteiger partial charge < -0.3 is 14.6 Å². The lowest BCUT2D eigenvalue weighted by molar-refractivity contribution is -0.0452. The zero-order valence-corrected chi connectivity index (χ0v) is 14.3. The summed E-state index contributed by atoms with van der Waals surface area (Å²) in [5.74, 6) is 1.14. The first-order valence-corrected chi connectivity index (χ1v) is 9.09. The van der Waals surface area contributed by atoms with Crippen molar-refractivity contribution in [3.63, 3.8) is 0 Å². The minimum absolute atomic E-state index is 0.0626. The molecule has 2 saturated heterocycles. The minimum atomic E-state index is 0.0626. The molecule has 4 rings (SSSR count). The number of likely N-dealkylation sites (tertiary alicyclic amines) is 1. The van der Waals surface area contributed by atoms with Crippen molar-refractivity contribution in [3.05, 3.63) is 29.8 Å². The van der Waals surface area contributed by atoms with Crippen LogP contribution in [0.5, 0.6) is 0 Å². The predicted molar refractivity (Wildman–Crippen MR) is 90.5 cm³/mol. The third-order valence-corrected chi connectivity index (χ3v) is 5.73. The number of rotatable bonds is 4. The summed E-state index contributed by atoms with van der Waals surface area (Å²) in [7, 11) is 2.06. The molecular formula is C16H23N5OS. The van der Waals surface area contributed by atoms with Crippen LogP contribution in [0.15, 0.2) is 24.0 Å². The zero-order chi connectivity index (χ0) is 15.7. The molecule has 7 heteroatoms. The topological polar surface area (TPSA) is 55.2 Å². The average molecular weight is 333 g/mol. The molecule has 2 aromatic heterocycles. The standard InChI is InChI=1S/C16H23N5OS/c1-20-8-4-17-14(20)11-21-6-2-16(3-7-21)10-13(12-22-16)19-15-18-5-9-23-15/h4-5,8-9,13H,2-3,6-7,10-12H2,1H3,(H,18,19)/t13-/m0/s1. The maximum Gasteiger partial charge on any atom is 0.182 e. The van der Waals surface area contributed by atoms with Crippen LogP contribution in [0.25, 0.3) is 0 Å². The van der Waals surface area contributed by atoms with E-state index in [4.69, 9.17) is 4.74 Å². The second-order valence-electron chi connectivity index (χ2n) is 6.61. The third kappa shape index (κ3) is 3.27. The number of aromatic nitrogens is 3. The predicted octanol–water partition coefficient (Wildman–Crippen LogP) is 2.11. The van der Waals surface area contributed by atoms with E-state index in [0.29, 0.717) is 6.04 Å². The number of piperidine rings is 1. The smallest absolute Gasteiger partial charge is 0.182 e. The Labute approximate surface area is 140 Å². The van der Waals surface area contributed by atoms with Gasteiger partial charge in [0.05, 0.1) is 24.8 Å². The van der Waals surface area contributed by atoms with Gasteiger partial charge in [-0.15, -0.1) is 11.3 Å². The number of anilines is 1. The summed E-state index contributed by atoms with van der Waals surface area (Å²) in [6, 6.07) is 0.391. The minimum Gasteiger partial charge on any atom is -0.373 e. The number of nitrogens with zero attached hydrogens (tertiary/aromatic N) is 4. The first-order valence-electron chi connectivity index (χ1n) is 8.21. The quantitative estimate of drug-likeness (QED) is 0.929. The monoisotopic (exact) mass is 333 g/mol. The van der Waals surface area contributed by atoms with E-state index in [0.717, 1.165) is 56.5 Å². The van der Waals surface area contributed by atoms with Crippen molar-refractivity contribution in [2.24, 2.45) is 7.05 Å². The molecule has 124 valence electrons. The molecule has 0 bridgehead atoms. The lowest BCUT2D eigenvalue weighted by Gasteiger charge is -2.38. The second-order valence-corrected chi connectivity index (χ2v) is 7.50. The maximum atomic E-state index is 6.22. The second kappa shape index (κ2) is 6.22. The van der Waals surface area contributed by atoms with Crippen LogP contribution in [0, 0.1) is 0 Å². The van der Waals surface area contributed by atoms with Crippen molar-refractivity contribution in [1.82, 2.24) is 19.4 Å². The highest BCUT2D eigenvalue weighted by atomic mass is 32.1. The number of aryl methyl sites for hydroxylation is 1. The van der Waals surface area contributed by atoms with E-state index in [1.54, 1.807) is 11.3 Å². The highest BCUT2D eigenvalue weighted by molar-refractivity contribution is 7.13. The fourth-order valence-electron chi connectivity index (χ4n) is 3.62. The Kier molecular flexibility index (Phi) is 4.09. The van der Waals surface area contributed by atoms with E-state index >= 15 is 0 Å². The van der Waals surface area contributed by atoms with Gasteiger partial charge in [-0.25, -0.2) is 9.97 Å². The molecule has 2 aromatic rings. The molecule has 0 saturated carbocycles. The molecule has 1 atom stereocenters. The molecule has 0 radical (unpaired) electrons. The number of nitrogens with one attached hydrogen (secondary N) is 1. The van der Waals surface area contributed by atoms with E-state index in [1.807, 2.05) is 24.0 Å². The van der Waals surface area contributed by atoms with Gasteiger partial charge in [0.1, 0.15) is 5.82 Å². The molecule has 4 heterocycles. The average Bonchev–Trinajstić information content (AvgIpc) is 3.27. The highest BCUT2D eigenvalue weighted by Gasteiger charge is 2.42. The van der Waals surface area contributed by atoms with Crippen molar-refractivity contribution >= 4 is 16.5 Å². The molecule has 1 spiro atoms. The molecule has 1 N–H and O–H groups in total. The van der Waals surface area contributed by atoms with E-state index in [9.17, 15) is 0 Å². The van der Waals surface area contributed by atoms with E-state index in [1.165, 1.54) is 0 Å². The van der Waals surface area contributed by atoms with Gasteiger partial charge in [0.15, 0.2) is 5.13 Å². The van der Waals surface area contributed by atoms with Crippen LogP contribution in [-0.2, 0) is 18.3 Å². The van der Waals surface area contributed by atoms with Crippen LogP contribution in [0.3, 0.4) is 0 Å². The summed E-state index contributed by atoms with van der Waals surface area (Å²) < 4.78 is 8.32. The first kappa shape index (κ1) is 15.1. The van der Waals surface area contributed by atoms with Crippen LogP contribution in [0.4, 0.5) is 5.13 Å². The summed E-state index contributed by atoms with van der Waals surface area (Å²) in [4.78, 5) is 11.2. The van der Waals surface area contributed by atoms with Crippen LogP contribution in [0.2, 0.25) is 0 Å². The highest BCUT2D eigenvalue weighted by Crippen LogP contribution is 2.37. The molecule has 6 nitrogen and oxygen atoms in total. The third-order valence-electron chi connectivity index (χ3n) is 5.02. The van der Waals surface area contributed by atoms with Gasteiger partial charge in [-0.05, 0) is 19.3 Å². The number of thiazole rings is 1. The normalized spacial score (nSPS) is 24.3. The molecule has 0 aliphatic carbocycles. The number of hydrogen-bond donors (Lipinski definition) is 1. The Morgan fingerprint density at radius 1 is 1.35 bits per heavy atom. The van der Waals surface area contributed by atoms with E-state index in [-0.39, 0.29) is 5.60 Å². The fraction of sp³-hybridized carbons (Fsp3) is 0.625. The number of hydrogen-bond acceptors (Lipinski definition) is 6. The molecule has 2 fully saturated rings. The van der Waals surface area contributed by atoms with E-state index < -0.39 is 0 Å². The van der Waals surface area contributed by atoms with Gasteiger partial charge in [-0.2, -0.15) is 0 Å². The van der Waals surface area contributed by atoms with Crippen LogP contribution in [-0.4, -0.2) is 50.8 Å². The lowest BCUT2D eigenvalue weighted by atomic mass is 9.87. The van der Waals surface area contributed by atoms with Gasteiger partial charge in [-0.1, -0.05) is 0 Å². The van der Waals surface area contributed by atoms with Crippen LogP contribution >= 0.6 is 11.3 Å². The fourth-order valence-corrected chi connectivity index (χ4v) is 4.23. The summed E-state index contributed by atoms with van der Waals surface area (Å²) in [5.41, 5.74) is 0.0626. The Hall–Kier alpha value is -1.44. The van der Waals surface area contributed by atoms with Gasteiger partial charge >= 0.3 is 0 Å². The van der Waals surface area contributed by atoms with Crippen molar-refractivity contribution < 1.29 is 4.74 Å². The van der Waals surface area contributed by atoms with Crippen LogP contribution < -0.4 is 5.32 Å². The lowest BCUT2D eigenvalue weighted by Crippen LogP contribution is -2.44. The number of ether oxygens (including phenoxy) is 1. The maximum absolute atomic E-state index is 6.22. The van der Waals surface area contributed by atoms with Crippen molar-refractivity contribution in [3.8, 4) is 0 Å². The molecule has 2 aliphatic rings. The van der Waals surface area contributed by atoms with Gasteiger partial charge in [0.2, 0.25) is 0 Å². The largest absolute Gasteiger partial charge is 0.373 e. The Bertz CT molecular complexity index is 633. The van der Waals surface area contributed by atoms with Crippen molar-refractivity contribution in [2.75, 3.05) is 25.0 Å². The Balaban J connectivity index is 1.30. The van der Waals surface area contributed by atoms with Gasteiger partial charge in [0.25, 0.3) is 0 Å². The molecule has 0 amide bonds. The van der Waals surface area contributed by atoms with E-state index in [2.05, 4.69) is 31.8 Å². The van der Waals surface area contributed by atoms with Crippen LogP contribution in [0.1, 0.15) is 25.1 Å². The summed E-state index contributed by atoms with van der Waals surface area (Å²) in [6.45, 7) is 3.88. The van der Waals surface area contributed by atoms with Crippen molar-refractivity contribution in [2.45, 2.75) is 37.5 Å². The first-order chi connectivity index (χ1) is 11.2. The molecule has 0 aromatic carbocycles. The summed E-state index contributed by atoms with van der Waals surface area (Å²) >= 11 is 1.65. The Morgan fingerprint density at radius 2 is 2.22 bits per heavy atom. The SMILES string of the molecule is Cn1ccnc1CN1CCC2(CC1)C[C@H](Nc1nccs1)CO2. The van der Waals surface area contributed by atoms with Gasteiger partial charge in [0, 0.05) is 44.1 Å². The summed E-state index contributed by atoms with van der Waals surface area (Å²) in [5, 5.41) is 6.51. The molecule has 23 heavy (non-hydrogen) atoms.